The van der Waals surface area contributed by atoms with Crippen LogP contribution in [-0.2, 0) is 6.42 Å². The van der Waals surface area contributed by atoms with Crippen molar-refractivity contribution in [3.8, 4) is 6.01 Å². The molecule has 0 aliphatic rings. The van der Waals surface area contributed by atoms with Gasteiger partial charge in [-0.15, -0.1) is 0 Å². The van der Waals surface area contributed by atoms with E-state index in [-0.39, 0.29) is 0 Å². The number of aromatic nitrogens is 3. The third-order valence-electron chi connectivity index (χ3n) is 1.86. The molecule has 0 saturated heterocycles. The number of rotatable bonds is 4. The summed E-state index contributed by atoms with van der Waals surface area (Å²) in [5, 5.41) is 0. The van der Waals surface area contributed by atoms with Crippen LogP contribution in [-0.4, -0.2) is 21.6 Å². The molecule has 2 rings (SSSR count). The SMILES string of the molecule is c1ccc(CCOc2ncccn2)nc1. The van der Waals surface area contributed by atoms with Crippen molar-refractivity contribution >= 4 is 0 Å². The summed E-state index contributed by atoms with van der Waals surface area (Å²) in [6.45, 7) is 0.543. The van der Waals surface area contributed by atoms with Gasteiger partial charge in [-0.1, -0.05) is 6.07 Å². The van der Waals surface area contributed by atoms with Crippen molar-refractivity contribution in [2.24, 2.45) is 0 Å². The molecule has 2 aromatic heterocycles. The van der Waals surface area contributed by atoms with Gasteiger partial charge in [0.05, 0.1) is 6.61 Å². The molecule has 76 valence electrons. The van der Waals surface area contributed by atoms with Crippen molar-refractivity contribution in [1.82, 2.24) is 15.0 Å². The highest BCUT2D eigenvalue weighted by molar-refractivity contribution is 5.03. The molecule has 2 heterocycles. The van der Waals surface area contributed by atoms with Crippen molar-refractivity contribution in [3.63, 3.8) is 0 Å². The molecule has 0 aliphatic heterocycles. The van der Waals surface area contributed by atoms with Crippen molar-refractivity contribution in [2.45, 2.75) is 6.42 Å². The molecular formula is C11H11N3O. The highest BCUT2D eigenvalue weighted by Crippen LogP contribution is 2.00. The average Bonchev–Trinajstić information content (AvgIpc) is 2.32. The maximum Gasteiger partial charge on any atom is 0.316 e. The monoisotopic (exact) mass is 201 g/mol. The van der Waals surface area contributed by atoms with Crippen LogP contribution >= 0.6 is 0 Å². The average molecular weight is 201 g/mol. The van der Waals surface area contributed by atoms with Crippen LogP contribution in [0, 0.1) is 0 Å². The van der Waals surface area contributed by atoms with Crippen LogP contribution in [0.25, 0.3) is 0 Å². The molecule has 0 saturated carbocycles. The summed E-state index contributed by atoms with van der Waals surface area (Å²) >= 11 is 0. The minimum absolute atomic E-state index is 0.411. The zero-order valence-electron chi connectivity index (χ0n) is 8.21. The van der Waals surface area contributed by atoms with Gasteiger partial charge in [-0.25, -0.2) is 9.97 Å². The first kappa shape index (κ1) is 9.58. The van der Waals surface area contributed by atoms with E-state index in [1.807, 2.05) is 18.2 Å². The van der Waals surface area contributed by atoms with Crippen LogP contribution in [0.5, 0.6) is 6.01 Å². The summed E-state index contributed by atoms with van der Waals surface area (Å²) < 4.78 is 5.35. The fraction of sp³-hybridized carbons (Fsp3) is 0.182. The smallest absolute Gasteiger partial charge is 0.316 e. The zero-order valence-corrected chi connectivity index (χ0v) is 8.21. The van der Waals surface area contributed by atoms with Crippen molar-refractivity contribution < 1.29 is 4.74 Å². The lowest BCUT2D eigenvalue weighted by Gasteiger charge is -2.02. The van der Waals surface area contributed by atoms with Gasteiger partial charge >= 0.3 is 6.01 Å². The van der Waals surface area contributed by atoms with E-state index in [1.54, 1.807) is 24.7 Å². The summed E-state index contributed by atoms with van der Waals surface area (Å²) in [6.07, 6.45) is 5.85. The Hall–Kier alpha value is -1.97. The summed E-state index contributed by atoms with van der Waals surface area (Å²) in [5.74, 6) is 0. The third-order valence-corrected chi connectivity index (χ3v) is 1.86. The van der Waals surface area contributed by atoms with E-state index in [4.69, 9.17) is 4.74 Å². The highest BCUT2D eigenvalue weighted by atomic mass is 16.5. The minimum Gasteiger partial charge on any atom is -0.463 e. The fourth-order valence-electron chi connectivity index (χ4n) is 1.15. The van der Waals surface area contributed by atoms with E-state index in [9.17, 15) is 0 Å². The Labute approximate surface area is 88.0 Å². The third kappa shape index (κ3) is 3.02. The van der Waals surface area contributed by atoms with Gasteiger partial charge in [-0.3, -0.25) is 4.98 Å². The predicted octanol–water partition coefficient (Wildman–Crippen LogP) is 1.49. The first-order valence-corrected chi connectivity index (χ1v) is 4.75. The van der Waals surface area contributed by atoms with Gasteiger partial charge in [0.1, 0.15) is 0 Å². The first-order valence-electron chi connectivity index (χ1n) is 4.75. The van der Waals surface area contributed by atoms with Gasteiger partial charge < -0.3 is 4.74 Å². The second-order valence-corrected chi connectivity index (χ2v) is 2.95. The standard InChI is InChI=1S/C11H11N3O/c1-2-6-12-10(4-1)5-9-15-11-13-7-3-8-14-11/h1-4,6-8H,5,9H2. The number of ether oxygens (including phenoxy) is 1. The van der Waals surface area contributed by atoms with Gasteiger partial charge in [0.25, 0.3) is 0 Å². The van der Waals surface area contributed by atoms with E-state index >= 15 is 0 Å². The maximum atomic E-state index is 5.35. The molecule has 0 fully saturated rings. The predicted molar refractivity (Wildman–Crippen MR) is 55.5 cm³/mol. The first-order chi connectivity index (χ1) is 7.45. The Morgan fingerprint density at radius 3 is 2.47 bits per heavy atom. The van der Waals surface area contributed by atoms with E-state index in [2.05, 4.69) is 15.0 Å². The minimum atomic E-state index is 0.411. The maximum absolute atomic E-state index is 5.35. The van der Waals surface area contributed by atoms with Crippen LogP contribution in [0.3, 0.4) is 0 Å². The molecule has 0 spiro atoms. The molecule has 15 heavy (non-hydrogen) atoms. The van der Waals surface area contributed by atoms with E-state index in [1.165, 1.54) is 0 Å². The molecule has 0 bridgehead atoms. The lowest BCUT2D eigenvalue weighted by molar-refractivity contribution is 0.295. The lowest BCUT2D eigenvalue weighted by atomic mass is 10.3. The number of nitrogens with zero attached hydrogens (tertiary/aromatic N) is 3. The summed E-state index contributed by atoms with van der Waals surface area (Å²) in [4.78, 5) is 12.1. The molecule has 2 aromatic rings. The Morgan fingerprint density at radius 2 is 1.73 bits per heavy atom. The quantitative estimate of drug-likeness (QED) is 0.752. The topological polar surface area (TPSA) is 47.9 Å². The highest BCUT2D eigenvalue weighted by Gasteiger charge is 1.96. The van der Waals surface area contributed by atoms with E-state index < -0.39 is 0 Å². The fourth-order valence-corrected chi connectivity index (χ4v) is 1.15. The summed E-state index contributed by atoms with van der Waals surface area (Å²) in [6, 6.07) is 7.99. The molecule has 4 heteroatoms. The number of hydrogen-bond donors (Lipinski definition) is 0. The summed E-state index contributed by atoms with van der Waals surface area (Å²) in [7, 11) is 0. The van der Waals surface area contributed by atoms with Gasteiger partial charge in [0, 0.05) is 30.7 Å². The molecule has 0 aliphatic carbocycles. The van der Waals surface area contributed by atoms with Gasteiger partial charge in [0.15, 0.2) is 0 Å². The normalized spacial score (nSPS) is 9.87. The van der Waals surface area contributed by atoms with Crippen molar-refractivity contribution in [2.75, 3.05) is 6.61 Å². The number of pyridine rings is 1. The van der Waals surface area contributed by atoms with Crippen LogP contribution in [0.4, 0.5) is 0 Å². The lowest BCUT2D eigenvalue weighted by Crippen LogP contribution is -2.04. The van der Waals surface area contributed by atoms with Crippen LogP contribution in [0.2, 0.25) is 0 Å². The van der Waals surface area contributed by atoms with Gasteiger partial charge in [-0.2, -0.15) is 0 Å². The van der Waals surface area contributed by atoms with Crippen molar-refractivity contribution in [3.05, 3.63) is 48.5 Å². The van der Waals surface area contributed by atoms with Gasteiger partial charge in [-0.05, 0) is 18.2 Å². The molecule has 0 unspecified atom stereocenters. The van der Waals surface area contributed by atoms with Crippen molar-refractivity contribution in [1.29, 1.82) is 0 Å². The zero-order chi connectivity index (χ0) is 10.3. The number of hydrogen-bond acceptors (Lipinski definition) is 4. The van der Waals surface area contributed by atoms with Crippen LogP contribution in [0.1, 0.15) is 5.69 Å². The van der Waals surface area contributed by atoms with Gasteiger partial charge in [0.2, 0.25) is 0 Å². The molecule has 0 aromatic carbocycles. The molecular weight excluding hydrogens is 190 g/mol. The van der Waals surface area contributed by atoms with E-state index in [0.717, 1.165) is 12.1 Å². The Balaban J connectivity index is 1.81. The summed E-state index contributed by atoms with van der Waals surface area (Å²) in [5.41, 5.74) is 1.01. The second-order valence-electron chi connectivity index (χ2n) is 2.95. The molecule has 0 atom stereocenters. The molecule has 4 nitrogen and oxygen atoms in total. The molecule has 0 N–H and O–H groups in total. The van der Waals surface area contributed by atoms with E-state index in [0.29, 0.717) is 12.6 Å². The van der Waals surface area contributed by atoms with Crippen LogP contribution in [0.15, 0.2) is 42.9 Å². The largest absolute Gasteiger partial charge is 0.463 e. The van der Waals surface area contributed by atoms with Crippen LogP contribution < -0.4 is 4.74 Å². The Kier molecular flexibility index (Phi) is 3.22. The molecule has 0 radical (unpaired) electrons. The Bertz CT molecular complexity index is 352. The molecule has 0 amide bonds. The second kappa shape index (κ2) is 5.05. The Morgan fingerprint density at radius 1 is 0.933 bits per heavy atom.